The number of aliphatic hydroxyl groups is 1. The topological polar surface area (TPSA) is 197 Å². The maximum Gasteiger partial charge on any atom is 0.245 e. The van der Waals surface area contributed by atoms with Crippen LogP contribution < -0.4 is 27.8 Å². The smallest absolute Gasteiger partial charge is 0.245 e. The molecular weight excluding hydrogens is 512 g/mol. The fraction of sp³-hybridized carbons (Fsp3) is 0.423. The quantitative estimate of drug-likeness (QED) is 0.245. The number of nitrogens with zero attached hydrogens (tertiary/aromatic N) is 1. The van der Waals surface area contributed by atoms with E-state index in [2.05, 4.69) is 10.6 Å². The van der Waals surface area contributed by atoms with Gasteiger partial charge >= 0.3 is 0 Å². The highest BCUT2D eigenvalue weighted by Gasteiger charge is 2.34. The summed E-state index contributed by atoms with van der Waals surface area (Å²) >= 11 is 6.51. The summed E-state index contributed by atoms with van der Waals surface area (Å²) in [5.41, 5.74) is 19.8. The minimum Gasteiger partial charge on any atom is -0.508 e. The van der Waals surface area contributed by atoms with Crippen molar-refractivity contribution in [3.63, 3.8) is 0 Å². The predicted molar refractivity (Wildman–Crippen MR) is 144 cm³/mol. The molecule has 2 aromatic rings. The van der Waals surface area contributed by atoms with Crippen LogP contribution in [0.25, 0.3) is 11.1 Å². The molecule has 4 atom stereocenters. The van der Waals surface area contributed by atoms with Crippen LogP contribution in [0.5, 0.6) is 5.75 Å². The van der Waals surface area contributed by atoms with Gasteiger partial charge in [0.05, 0.1) is 12.1 Å². The average molecular weight is 547 g/mol. The lowest BCUT2D eigenvalue weighted by molar-refractivity contribution is -0.142. The average Bonchev–Trinajstić information content (AvgIpc) is 2.90. The minimum atomic E-state index is -1.21. The summed E-state index contributed by atoms with van der Waals surface area (Å²) < 4.78 is 0. The Balaban J connectivity index is 2.15. The van der Waals surface area contributed by atoms with Crippen molar-refractivity contribution < 1.29 is 24.6 Å². The second-order valence-corrected chi connectivity index (χ2v) is 9.80. The molecule has 10 N–H and O–H groups in total. The van der Waals surface area contributed by atoms with E-state index in [9.17, 15) is 24.6 Å². The molecule has 4 bridgehead atoms. The number of hydrogen-bond acceptors (Lipinski definition) is 8. The van der Waals surface area contributed by atoms with E-state index >= 15 is 0 Å². The van der Waals surface area contributed by atoms with Crippen LogP contribution in [0.15, 0.2) is 36.4 Å². The van der Waals surface area contributed by atoms with E-state index in [0.29, 0.717) is 16.1 Å². The lowest BCUT2D eigenvalue weighted by Crippen LogP contribution is -2.58. The summed E-state index contributed by atoms with van der Waals surface area (Å²) in [4.78, 5) is 41.1. The highest BCUT2D eigenvalue weighted by molar-refractivity contribution is 6.31. The first-order valence-electron chi connectivity index (χ1n) is 12.3. The van der Waals surface area contributed by atoms with Crippen LogP contribution in [0.2, 0.25) is 5.02 Å². The number of carbonyl (C=O) groups excluding carboxylic acids is 3. The Bertz CT molecular complexity index is 1180. The third kappa shape index (κ3) is 7.00. The first-order valence-corrected chi connectivity index (χ1v) is 12.7. The Labute approximate surface area is 226 Å². The predicted octanol–water partition coefficient (Wildman–Crippen LogP) is -0.765. The van der Waals surface area contributed by atoms with Gasteiger partial charge in [-0.15, -0.1) is 0 Å². The number of hydrogen-bond donors (Lipinski definition) is 7. The number of nitrogens with two attached hydrogens (primary N) is 3. The molecule has 0 radical (unpaired) electrons. The largest absolute Gasteiger partial charge is 0.508 e. The molecule has 0 fully saturated rings. The van der Waals surface area contributed by atoms with Crippen molar-refractivity contribution in [3.8, 4) is 16.9 Å². The lowest BCUT2D eigenvalue weighted by Gasteiger charge is -2.32. The van der Waals surface area contributed by atoms with Crippen LogP contribution in [0.1, 0.15) is 17.5 Å². The molecule has 0 aliphatic carbocycles. The standard InChI is InChI=1S/C26H35ClN6O5/c1-33-22(25(37)31-7-6-28)11-16-8-14(2-4-19(16)27)15-3-5-23(35)17(9-15)10-20(30)24(36)32-21(26(33)38)12-18(34)13-29/h2-5,8-9,18,20-22,34-35H,6-7,10-13,28-30H2,1H3,(H,31,37)(H,32,36)/t18-,20+,21+,22+/m1/s1. The Morgan fingerprint density at radius 2 is 1.82 bits per heavy atom. The van der Waals surface area contributed by atoms with Crippen molar-refractivity contribution in [1.82, 2.24) is 15.5 Å². The number of likely N-dealkylation sites (N-methyl/N-ethyl adjacent to an activating group) is 1. The van der Waals surface area contributed by atoms with E-state index in [1.165, 1.54) is 18.0 Å². The number of aromatic hydroxyl groups is 1. The summed E-state index contributed by atoms with van der Waals surface area (Å²) in [6, 6.07) is 6.95. The number of halogens is 1. The fourth-order valence-corrected chi connectivity index (χ4v) is 4.56. The van der Waals surface area contributed by atoms with Gasteiger partial charge in [0, 0.05) is 51.0 Å². The Kier molecular flexibility index (Phi) is 10.1. The monoisotopic (exact) mass is 546 g/mol. The van der Waals surface area contributed by atoms with Crippen LogP contribution >= 0.6 is 11.6 Å². The maximum absolute atomic E-state index is 13.6. The summed E-state index contributed by atoms with van der Waals surface area (Å²) in [7, 11) is 1.44. The number of fused-ring (bicyclic) bond motifs is 5. The van der Waals surface area contributed by atoms with Crippen LogP contribution in [-0.2, 0) is 27.2 Å². The molecule has 0 saturated heterocycles. The van der Waals surface area contributed by atoms with Crippen molar-refractivity contribution in [2.45, 2.75) is 43.5 Å². The number of nitrogens with one attached hydrogen (secondary N) is 2. The summed E-state index contributed by atoms with van der Waals surface area (Å²) in [5, 5.41) is 26.3. The molecule has 1 aliphatic heterocycles. The number of rotatable bonds is 6. The molecule has 3 amide bonds. The van der Waals surface area contributed by atoms with Crippen molar-refractivity contribution >= 4 is 29.3 Å². The molecule has 0 saturated carbocycles. The second-order valence-electron chi connectivity index (χ2n) is 9.40. The van der Waals surface area contributed by atoms with Crippen LogP contribution in [0.4, 0.5) is 0 Å². The molecular formula is C26H35ClN6O5. The van der Waals surface area contributed by atoms with Gasteiger partial charge in [-0.05, 0) is 46.5 Å². The Morgan fingerprint density at radius 3 is 2.47 bits per heavy atom. The van der Waals surface area contributed by atoms with Gasteiger partial charge in [0.15, 0.2) is 0 Å². The molecule has 1 heterocycles. The van der Waals surface area contributed by atoms with Gasteiger partial charge in [0.2, 0.25) is 17.7 Å². The highest BCUT2D eigenvalue weighted by Crippen LogP contribution is 2.30. The molecule has 0 spiro atoms. The molecule has 38 heavy (non-hydrogen) atoms. The van der Waals surface area contributed by atoms with Gasteiger partial charge in [0.1, 0.15) is 17.8 Å². The van der Waals surface area contributed by atoms with Crippen LogP contribution in [0, 0.1) is 0 Å². The lowest BCUT2D eigenvalue weighted by atomic mass is 9.95. The number of benzene rings is 2. The highest BCUT2D eigenvalue weighted by atomic mass is 35.5. The molecule has 206 valence electrons. The second kappa shape index (κ2) is 13.0. The third-order valence-electron chi connectivity index (χ3n) is 6.60. The normalized spacial score (nSPS) is 21.2. The van der Waals surface area contributed by atoms with Gasteiger partial charge < -0.3 is 42.9 Å². The van der Waals surface area contributed by atoms with E-state index in [-0.39, 0.29) is 44.6 Å². The number of phenols is 1. The number of aliphatic hydroxyl groups excluding tert-OH is 1. The van der Waals surface area contributed by atoms with Crippen LogP contribution in [0.3, 0.4) is 0 Å². The zero-order valence-electron chi connectivity index (χ0n) is 21.2. The first kappa shape index (κ1) is 29.3. The number of amides is 3. The van der Waals surface area contributed by atoms with Gasteiger partial charge in [-0.2, -0.15) is 0 Å². The van der Waals surface area contributed by atoms with Crippen molar-refractivity contribution in [2.75, 3.05) is 26.7 Å². The van der Waals surface area contributed by atoms with E-state index in [1.807, 2.05) is 6.07 Å². The molecule has 0 aromatic heterocycles. The Hall–Kier alpha value is -3.22. The van der Waals surface area contributed by atoms with E-state index < -0.39 is 42.0 Å². The molecule has 0 unspecified atom stereocenters. The van der Waals surface area contributed by atoms with Gasteiger partial charge in [-0.3, -0.25) is 14.4 Å². The third-order valence-corrected chi connectivity index (χ3v) is 6.97. The first-order chi connectivity index (χ1) is 18.0. The fourth-order valence-electron chi connectivity index (χ4n) is 4.36. The number of carbonyl (C=O) groups is 3. The molecule has 1 aliphatic rings. The summed E-state index contributed by atoms with van der Waals surface area (Å²) in [5.74, 6) is -1.76. The van der Waals surface area contributed by atoms with Gasteiger partial charge in [-0.25, -0.2) is 0 Å². The molecule has 2 aromatic carbocycles. The summed E-state index contributed by atoms with van der Waals surface area (Å²) in [6.45, 7) is 0.260. The Morgan fingerprint density at radius 1 is 1.16 bits per heavy atom. The van der Waals surface area contributed by atoms with E-state index in [0.717, 1.165) is 11.1 Å². The van der Waals surface area contributed by atoms with Crippen LogP contribution in [-0.4, -0.2) is 83.7 Å². The van der Waals surface area contributed by atoms with Crippen molar-refractivity contribution in [1.29, 1.82) is 0 Å². The number of phenolic OH excluding ortho intramolecular Hbond substituents is 1. The minimum absolute atomic E-state index is 0.00767. The van der Waals surface area contributed by atoms with Gasteiger partial charge in [-0.1, -0.05) is 23.7 Å². The molecule has 12 heteroatoms. The molecule has 3 rings (SSSR count). The van der Waals surface area contributed by atoms with Crippen molar-refractivity contribution in [2.24, 2.45) is 17.2 Å². The molecule has 11 nitrogen and oxygen atoms in total. The SMILES string of the molecule is CN1C(=O)[C@H](C[C@@H](O)CN)NC(=O)[C@@H](N)Cc2cc(ccc2O)-c2ccc(Cl)c(c2)C[C@H]1C(=O)NCCN. The van der Waals surface area contributed by atoms with Crippen molar-refractivity contribution in [3.05, 3.63) is 52.5 Å². The summed E-state index contributed by atoms with van der Waals surface area (Å²) in [6.07, 6.45) is -1.22. The van der Waals surface area contributed by atoms with E-state index in [4.69, 9.17) is 28.8 Å². The maximum atomic E-state index is 13.6. The zero-order valence-corrected chi connectivity index (χ0v) is 21.9. The van der Waals surface area contributed by atoms with E-state index in [1.54, 1.807) is 24.3 Å². The zero-order chi connectivity index (χ0) is 28.0. The van der Waals surface area contributed by atoms with Gasteiger partial charge in [0.25, 0.3) is 0 Å².